The smallest absolute Gasteiger partial charge is 0.287 e. The minimum Gasteiger partial charge on any atom is -0.463 e. The first-order valence-electron chi connectivity index (χ1n) is 12.5. The largest absolute Gasteiger partial charge is 0.463 e. The Morgan fingerprint density at radius 1 is 1.14 bits per heavy atom. The second kappa shape index (κ2) is 12.9. The van der Waals surface area contributed by atoms with Crippen LogP contribution in [0.1, 0.15) is 44.6 Å². The fraction of sp³-hybridized carbons (Fsp3) is 0.600. The minimum atomic E-state index is -0.817. The van der Waals surface area contributed by atoms with Crippen molar-refractivity contribution in [3.8, 4) is 5.75 Å². The molecule has 0 atom stereocenters. The van der Waals surface area contributed by atoms with E-state index in [0.717, 1.165) is 42.9 Å². The van der Waals surface area contributed by atoms with Gasteiger partial charge in [-0.25, -0.2) is 9.07 Å². The molecule has 2 heterocycles. The summed E-state index contributed by atoms with van der Waals surface area (Å²) in [6.45, 7) is 0.557. The monoisotopic (exact) mass is 540 g/mol. The standard InChI is InChI=1S/C21H26ClFN4O2.C4H8O2S/c1-24-19-12-25-27(21(28)20(19)22)17-6-4-15(5-7-17)26(14-2-3-14)16-8-10-18(11-9-16)29-13-23;5-7-3-1-6-2-4-7/h8-12,14-15,17,24H,2-7,13H2,1H3;1-4H2. The van der Waals surface area contributed by atoms with Gasteiger partial charge < -0.3 is 19.7 Å². The second-order valence-electron chi connectivity index (χ2n) is 9.18. The predicted octanol–water partition coefficient (Wildman–Crippen LogP) is 4.16. The molecule has 1 aliphatic heterocycles. The number of hydrogen-bond acceptors (Lipinski definition) is 7. The molecule has 3 aliphatic rings. The second-order valence-corrected chi connectivity index (χ2v) is 11.3. The van der Waals surface area contributed by atoms with Crippen molar-refractivity contribution in [1.29, 1.82) is 0 Å². The first-order valence-corrected chi connectivity index (χ1v) is 14.3. The van der Waals surface area contributed by atoms with Gasteiger partial charge in [0.2, 0.25) is 6.86 Å². The number of nitrogens with zero attached hydrogens (tertiary/aromatic N) is 3. The van der Waals surface area contributed by atoms with Crippen LogP contribution in [0.5, 0.6) is 5.75 Å². The maximum Gasteiger partial charge on any atom is 0.287 e. The van der Waals surface area contributed by atoms with Gasteiger partial charge in [-0.3, -0.25) is 9.00 Å². The van der Waals surface area contributed by atoms with Crippen LogP contribution < -0.4 is 20.5 Å². The topological polar surface area (TPSA) is 85.7 Å². The van der Waals surface area contributed by atoms with Gasteiger partial charge >= 0.3 is 0 Å². The van der Waals surface area contributed by atoms with Crippen molar-refractivity contribution in [2.45, 2.75) is 56.7 Å². The highest BCUT2D eigenvalue weighted by Crippen LogP contribution is 2.40. The summed E-state index contributed by atoms with van der Waals surface area (Å²) in [5.74, 6) is 2.02. The van der Waals surface area contributed by atoms with Crippen LogP contribution in [0, 0.1) is 0 Å². The maximum absolute atomic E-state index is 12.6. The van der Waals surface area contributed by atoms with Crippen LogP contribution in [0.2, 0.25) is 5.02 Å². The molecular weight excluding hydrogens is 507 g/mol. The van der Waals surface area contributed by atoms with Gasteiger partial charge in [-0.1, -0.05) is 11.6 Å². The molecule has 198 valence electrons. The molecule has 2 aromatic rings. The van der Waals surface area contributed by atoms with Gasteiger partial charge in [-0.2, -0.15) is 5.10 Å². The van der Waals surface area contributed by atoms with Crippen molar-refractivity contribution >= 4 is 33.8 Å². The van der Waals surface area contributed by atoms with Gasteiger partial charge in [0, 0.05) is 47.1 Å². The Bertz CT molecular complexity index is 1070. The number of benzene rings is 1. The summed E-state index contributed by atoms with van der Waals surface area (Å²) < 4.78 is 34.3. The third kappa shape index (κ3) is 6.77. The molecule has 2 saturated carbocycles. The zero-order valence-corrected chi connectivity index (χ0v) is 22.1. The van der Waals surface area contributed by atoms with E-state index >= 15 is 0 Å². The number of nitrogens with one attached hydrogen (secondary N) is 1. The lowest BCUT2D eigenvalue weighted by Crippen LogP contribution is -2.41. The summed E-state index contributed by atoms with van der Waals surface area (Å²) in [5.41, 5.74) is 1.48. The van der Waals surface area contributed by atoms with Crippen molar-refractivity contribution in [3.05, 3.63) is 45.8 Å². The van der Waals surface area contributed by atoms with Crippen LogP contribution in [0.25, 0.3) is 0 Å². The van der Waals surface area contributed by atoms with E-state index in [2.05, 4.69) is 15.3 Å². The normalized spacial score (nSPS) is 22.3. The average Bonchev–Trinajstić information content (AvgIpc) is 3.74. The number of rotatable bonds is 7. The first-order chi connectivity index (χ1) is 17.5. The Morgan fingerprint density at radius 2 is 1.75 bits per heavy atom. The van der Waals surface area contributed by atoms with E-state index in [1.165, 1.54) is 12.8 Å². The van der Waals surface area contributed by atoms with Crippen LogP contribution in [-0.4, -0.2) is 64.7 Å². The van der Waals surface area contributed by atoms with Crippen molar-refractivity contribution < 1.29 is 18.1 Å². The number of hydrogen-bond donors (Lipinski definition) is 1. The summed E-state index contributed by atoms with van der Waals surface area (Å²) in [4.78, 5) is 15.1. The van der Waals surface area contributed by atoms with E-state index < -0.39 is 17.7 Å². The lowest BCUT2D eigenvalue weighted by molar-refractivity contribution is 0.158. The highest BCUT2D eigenvalue weighted by molar-refractivity contribution is 7.85. The van der Waals surface area contributed by atoms with Crippen LogP contribution in [0.3, 0.4) is 0 Å². The van der Waals surface area contributed by atoms with Gasteiger partial charge in [0.1, 0.15) is 10.8 Å². The zero-order chi connectivity index (χ0) is 25.5. The molecule has 1 saturated heterocycles. The van der Waals surface area contributed by atoms with Crippen LogP contribution >= 0.6 is 11.6 Å². The van der Waals surface area contributed by atoms with E-state index in [0.29, 0.717) is 36.7 Å². The molecule has 5 rings (SSSR count). The zero-order valence-electron chi connectivity index (χ0n) is 20.5. The predicted molar refractivity (Wildman–Crippen MR) is 142 cm³/mol. The molecule has 11 heteroatoms. The average molecular weight is 541 g/mol. The Hall–Kier alpha value is -2.17. The van der Waals surface area contributed by atoms with E-state index in [4.69, 9.17) is 21.1 Å². The van der Waals surface area contributed by atoms with E-state index in [1.807, 2.05) is 24.3 Å². The molecule has 2 aliphatic carbocycles. The Morgan fingerprint density at radius 3 is 2.25 bits per heavy atom. The maximum atomic E-state index is 12.6. The molecule has 1 N–H and O–H groups in total. The lowest BCUT2D eigenvalue weighted by atomic mass is 9.89. The lowest BCUT2D eigenvalue weighted by Gasteiger charge is -2.39. The van der Waals surface area contributed by atoms with Crippen LogP contribution in [0.15, 0.2) is 35.3 Å². The van der Waals surface area contributed by atoms with E-state index in [-0.39, 0.29) is 16.6 Å². The van der Waals surface area contributed by atoms with Gasteiger partial charge in [0.05, 0.1) is 31.1 Å². The molecule has 0 amide bonds. The van der Waals surface area contributed by atoms with Crippen LogP contribution in [0.4, 0.5) is 15.8 Å². The van der Waals surface area contributed by atoms with Gasteiger partial charge in [0.25, 0.3) is 5.56 Å². The molecule has 0 bridgehead atoms. The number of anilines is 2. The van der Waals surface area contributed by atoms with Crippen molar-refractivity contribution in [3.63, 3.8) is 0 Å². The van der Waals surface area contributed by atoms with Crippen LogP contribution in [-0.2, 0) is 15.5 Å². The number of halogens is 2. The summed E-state index contributed by atoms with van der Waals surface area (Å²) in [7, 11) is 1.16. The third-order valence-electron chi connectivity index (χ3n) is 6.83. The van der Waals surface area contributed by atoms with E-state index in [1.54, 1.807) is 17.9 Å². The summed E-state index contributed by atoms with van der Waals surface area (Å²) in [5, 5.41) is 7.42. The molecule has 0 spiro atoms. The summed E-state index contributed by atoms with van der Waals surface area (Å²) >= 11 is 6.18. The molecule has 1 aromatic carbocycles. The fourth-order valence-electron chi connectivity index (χ4n) is 4.82. The molecule has 0 unspecified atom stereocenters. The fourth-order valence-corrected chi connectivity index (χ4v) is 5.86. The minimum absolute atomic E-state index is 0.0727. The van der Waals surface area contributed by atoms with Gasteiger partial charge in [-0.15, -0.1) is 0 Å². The Labute approximate surface area is 218 Å². The first kappa shape index (κ1) is 26.9. The Kier molecular flexibility index (Phi) is 9.61. The molecular formula is C25H34ClFN4O4S. The molecule has 1 aromatic heterocycles. The van der Waals surface area contributed by atoms with Crippen molar-refractivity contribution in [2.75, 3.05) is 48.8 Å². The van der Waals surface area contributed by atoms with Gasteiger partial charge in [-0.05, 0) is 62.8 Å². The highest BCUT2D eigenvalue weighted by atomic mass is 35.5. The number of ether oxygens (including phenoxy) is 2. The summed E-state index contributed by atoms with van der Waals surface area (Å²) in [6.07, 6.45) is 7.77. The van der Waals surface area contributed by atoms with Crippen molar-refractivity contribution in [2.24, 2.45) is 0 Å². The molecule has 36 heavy (non-hydrogen) atoms. The van der Waals surface area contributed by atoms with Gasteiger partial charge in [0.15, 0.2) is 0 Å². The Balaban J connectivity index is 0.000000375. The SMILES string of the molecule is CNc1cnn(C2CCC(N(c3ccc(OCF)cc3)C3CC3)CC2)c(=O)c1Cl.O=S1CCOCC1. The highest BCUT2D eigenvalue weighted by Gasteiger charge is 2.36. The number of aromatic nitrogens is 2. The molecule has 0 radical (unpaired) electrons. The third-order valence-corrected chi connectivity index (χ3v) is 8.43. The molecule has 3 fully saturated rings. The summed E-state index contributed by atoms with van der Waals surface area (Å²) in [6, 6.07) is 8.73. The van der Waals surface area contributed by atoms with Crippen molar-refractivity contribution in [1.82, 2.24) is 9.78 Å². The quantitative estimate of drug-likeness (QED) is 0.564. The number of alkyl halides is 1. The van der Waals surface area contributed by atoms with E-state index in [9.17, 15) is 13.4 Å². The molecule has 8 nitrogen and oxygen atoms in total.